The van der Waals surface area contributed by atoms with Crippen molar-refractivity contribution >= 4 is 11.9 Å². The summed E-state index contributed by atoms with van der Waals surface area (Å²) in [5.41, 5.74) is -0.744. The SMILES string of the molecule is CCC1(C)C(=O)N(CCCOCC2CO2)C(=O)N1CC1CO1. The van der Waals surface area contributed by atoms with Gasteiger partial charge in [0.2, 0.25) is 0 Å². The lowest BCUT2D eigenvalue weighted by Crippen LogP contribution is -2.48. The molecule has 3 aliphatic heterocycles. The molecule has 0 bridgehead atoms. The highest BCUT2D eigenvalue weighted by Gasteiger charge is 2.54. The maximum atomic E-state index is 12.6. The van der Waals surface area contributed by atoms with Gasteiger partial charge in [-0.15, -0.1) is 0 Å². The van der Waals surface area contributed by atoms with Gasteiger partial charge in [0.15, 0.2) is 0 Å². The highest BCUT2D eigenvalue weighted by atomic mass is 16.6. The molecule has 22 heavy (non-hydrogen) atoms. The molecule has 0 radical (unpaired) electrons. The van der Waals surface area contributed by atoms with Gasteiger partial charge in [0.05, 0.1) is 32.5 Å². The Hall–Kier alpha value is -1.18. The third-order valence-electron chi connectivity index (χ3n) is 4.62. The van der Waals surface area contributed by atoms with E-state index >= 15 is 0 Å². The van der Waals surface area contributed by atoms with Crippen LogP contribution in [-0.2, 0) is 19.0 Å². The summed E-state index contributed by atoms with van der Waals surface area (Å²) in [7, 11) is 0. The van der Waals surface area contributed by atoms with E-state index < -0.39 is 5.54 Å². The van der Waals surface area contributed by atoms with Crippen LogP contribution < -0.4 is 0 Å². The third-order valence-corrected chi connectivity index (χ3v) is 4.62. The number of hydrogen-bond acceptors (Lipinski definition) is 5. The van der Waals surface area contributed by atoms with E-state index in [1.165, 1.54) is 4.90 Å². The summed E-state index contributed by atoms with van der Waals surface area (Å²) in [6, 6.07) is -0.199. The lowest BCUT2D eigenvalue weighted by Gasteiger charge is -2.30. The average molecular weight is 312 g/mol. The summed E-state index contributed by atoms with van der Waals surface area (Å²) in [5, 5.41) is 0. The molecule has 3 amide bonds. The summed E-state index contributed by atoms with van der Waals surface area (Å²) in [6.45, 7) is 7.27. The zero-order chi connectivity index (χ0) is 15.7. The van der Waals surface area contributed by atoms with Crippen molar-refractivity contribution in [1.29, 1.82) is 0 Å². The molecular weight excluding hydrogens is 288 g/mol. The fraction of sp³-hybridized carbons (Fsp3) is 0.867. The van der Waals surface area contributed by atoms with Crippen molar-refractivity contribution in [2.75, 3.05) is 39.5 Å². The molecule has 3 fully saturated rings. The molecular formula is C15H24N2O5. The fourth-order valence-corrected chi connectivity index (χ4v) is 2.75. The van der Waals surface area contributed by atoms with Crippen molar-refractivity contribution < 1.29 is 23.8 Å². The van der Waals surface area contributed by atoms with Crippen molar-refractivity contribution in [3.05, 3.63) is 0 Å². The van der Waals surface area contributed by atoms with E-state index in [4.69, 9.17) is 14.2 Å². The molecule has 0 aliphatic carbocycles. The van der Waals surface area contributed by atoms with Crippen LogP contribution in [0.1, 0.15) is 26.7 Å². The van der Waals surface area contributed by atoms with E-state index in [-0.39, 0.29) is 24.1 Å². The van der Waals surface area contributed by atoms with Crippen molar-refractivity contribution in [3.8, 4) is 0 Å². The van der Waals surface area contributed by atoms with Gasteiger partial charge in [0.1, 0.15) is 11.6 Å². The van der Waals surface area contributed by atoms with Gasteiger partial charge in [0.25, 0.3) is 5.91 Å². The summed E-state index contributed by atoms with van der Waals surface area (Å²) in [4.78, 5) is 28.2. The van der Waals surface area contributed by atoms with Crippen LogP contribution in [-0.4, -0.2) is 79.0 Å². The molecule has 0 aromatic carbocycles. The van der Waals surface area contributed by atoms with Crippen LogP contribution in [0.2, 0.25) is 0 Å². The number of rotatable bonds is 9. The van der Waals surface area contributed by atoms with Gasteiger partial charge in [0, 0.05) is 13.2 Å². The number of urea groups is 1. The van der Waals surface area contributed by atoms with Crippen molar-refractivity contribution in [2.45, 2.75) is 44.4 Å². The quantitative estimate of drug-likeness (QED) is 0.354. The van der Waals surface area contributed by atoms with E-state index in [2.05, 4.69) is 0 Å². The molecule has 0 saturated carbocycles. The Labute approximate surface area is 130 Å². The molecule has 7 heteroatoms. The number of epoxide rings is 2. The maximum Gasteiger partial charge on any atom is 0.327 e. The molecule has 0 N–H and O–H groups in total. The molecule has 0 aromatic heterocycles. The Morgan fingerprint density at radius 3 is 2.55 bits per heavy atom. The van der Waals surface area contributed by atoms with Gasteiger partial charge in [-0.25, -0.2) is 4.79 Å². The number of carbonyl (C=O) groups excluding carboxylic acids is 2. The van der Waals surface area contributed by atoms with Crippen LogP contribution in [0.3, 0.4) is 0 Å². The first kappa shape index (κ1) is 15.7. The Morgan fingerprint density at radius 1 is 1.27 bits per heavy atom. The zero-order valence-electron chi connectivity index (χ0n) is 13.2. The standard InChI is InChI=1S/C15H24N2O5/c1-3-15(2)13(18)16(5-4-6-20-8-12-10-22-12)14(19)17(15)7-11-9-21-11/h11-12H,3-10H2,1-2H3. The van der Waals surface area contributed by atoms with E-state index in [9.17, 15) is 9.59 Å². The summed E-state index contributed by atoms with van der Waals surface area (Å²) in [6.07, 6.45) is 1.59. The lowest BCUT2D eigenvalue weighted by atomic mass is 9.97. The maximum absolute atomic E-state index is 12.6. The van der Waals surface area contributed by atoms with Crippen LogP contribution in [0, 0.1) is 0 Å². The summed E-state index contributed by atoms with van der Waals surface area (Å²) < 4.78 is 15.7. The van der Waals surface area contributed by atoms with Crippen LogP contribution in [0.5, 0.6) is 0 Å². The second-order valence-corrected chi connectivity index (χ2v) is 6.32. The van der Waals surface area contributed by atoms with Gasteiger partial charge < -0.3 is 19.1 Å². The smallest absolute Gasteiger partial charge is 0.327 e. The number of hydrogen-bond donors (Lipinski definition) is 0. The molecule has 3 atom stereocenters. The minimum atomic E-state index is -0.744. The topological polar surface area (TPSA) is 74.9 Å². The lowest BCUT2D eigenvalue weighted by molar-refractivity contribution is -0.132. The second-order valence-electron chi connectivity index (χ2n) is 6.32. The van der Waals surface area contributed by atoms with Gasteiger partial charge in [-0.3, -0.25) is 9.69 Å². The fourth-order valence-electron chi connectivity index (χ4n) is 2.75. The molecule has 0 spiro atoms. The van der Waals surface area contributed by atoms with Gasteiger partial charge in [-0.05, 0) is 19.8 Å². The Balaban J connectivity index is 1.53. The zero-order valence-corrected chi connectivity index (χ0v) is 13.2. The highest BCUT2D eigenvalue weighted by molar-refractivity contribution is 6.06. The summed E-state index contributed by atoms with van der Waals surface area (Å²) >= 11 is 0. The highest BCUT2D eigenvalue weighted by Crippen LogP contribution is 2.32. The normalized spacial score (nSPS) is 33.7. The molecule has 3 aliphatic rings. The molecule has 0 aromatic rings. The van der Waals surface area contributed by atoms with Gasteiger partial charge in [-0.2, -0.15) is 0 Å². The largest absolute Gasteiger partial charge is 0.379 e. The first-order valence-electron chi connectivity index (χ1n) is 8.00. The molecule has 3 rings (SSSR count). The molecule has 3 unspecified atom stereocenters. The Morgan fingerprint density at radius 2 is 1.95 bits per heavy atom. The molecule has 3 heterocycles. The molecule has 3 saturated heterocycles. The number of imide groups is 1. The predicted octanol–water partition coefficient (Wildman–Crippen LogP) is 0.624. The van der Waals surface area contributed by atoms with Crippen molar-refractivity contribution in [2.24, 2.45) is 0 Å². The number of nitrogens with zero attached hydrogens (tertiary/aromatic N) is 2. The van der Waals surface area contributed by atoms with Gasteiger partial charge in [-0.1, -0.05) is 6.92 Å². The van der Waals surface area contributed by atoms with Crippen molar-refractivity contribution in [3.63, 3.8) is 0 Å². The average Bonchev–Trinajstić information content (AvgIpc) is 3.40. The monoisotopic (exact) mass is 312 g/mol. The van der Waals surface area contributed by atoms with Crippen LogP contribution in [0.15, 0.2) is 0 Å². The van der Waals surface area contributed by atoms with Gasteiger partial charge >= 0.3 is 6.03 Å². The first-order chi connectivity index (χ1) is 10.6. The summed E-state index contributed by atoms with van der Waals surface area (Å²) in [5.74, 6) is -0.105. The van der Waals surface area contributed by atoms with E-state index in [0.29, 0.717) is 45.8 Å². The van der Waals surface area contributed by atoms with Crippen molar-refractivity contribution in [1.82, 2.24) is 9.80 Å². The second kappa shape index (κ2) is 6.14. The molecule has 124 valence electrons. The number of carbonyl (C=O) groups is 2. The van der Waals surface area contributed by atoms with Crippen LogP contribution >= 0.6 is 0 Å². The van der Waals surface area contributed by atoms with Crippen LogP contribution in [0.4, 0.5) is 4.79 Å². The minimum Gasteiger partial charge on any atom is -0.379 e. The Kier molecular flexibility index (Phi) is 4.38. The molecule has 7 nitrogen and oxygen atoms in total. The number of ether oxygens (including phenoxy) is 3. The predicted molar refractivity (Wildman–Crippen MR) is 77.4 cm³/mol. The van der Waals surface area contributed by atoms with E-state index in [1.807, 2.05) is 13.8 Å². The minimum absolute atomic E-state index is 0.0875. The van der Waals surface area contributed by atoms with E-state index in [1.54, 1.807) is 4.90 Å². The van der Waals surface area contributed by atoms with Crippen LogP contribution in [0.25, 0.3) is 0 Å². The number of amides is 3. The third kappa shape index (κ3) is 3.11. The Bertz CT molecular complexity index is 449. The first-order valence-corrected chi connectivity index (χ1v) is 8.00. The van der Waals surface area contributed by atoms with E-state index in [0.717, 1.165) is 6.61 Å².